The van der Waals surface area contributed by atoms with E-state index in [1.54, 1.807) is 0 Å². The van der Waals surface area contributed by atoms with Crippen molar-refractivity contribution in [3.05, 3.63) is 34.6 Å². The molecule has 3 aliphatic carbocycles. The Morgan fingerprint density at radius 3 is 2.48 bits per heavy atom. The lowest BCUT2D eigenvalue weighted by molar-refractivity contribution is -0.115. The van der Waals surface area contributed by atoms with Gasteiger partial charge in [0.05, 0.1) is 6.10 Å². The first kappa shape index (κ1) is 16.5. The number of carbonyl (C=O) groups is 1. The molecule has 1 saturated carbocycles. The third-order valence-corrected chi connectivity index (χ3v) is 6.24. The van der Waals surface area contributed by atoms with E-state index in [-0.39, 0.29) is 34.2 Å². The molecule has 3 heteroatoms. The average molecular weight is 316 g/mol. The van der Waals surface area contributed by atoms with E-state index >= 15 is 0 Å². The summed E-state index contributed by atoms with van der Waals surface area (Å²) in [5.74, 6) is -0.268. The van der Waals surface area contributed by atoms with E-state index in [2.05, 4.69) is 20.8 Å². The number of hydrogen-bond acceptors (Lipinski definition) is 3. The van der Waals surface area contributed by atoms with Crippen molar-refractivity contribution in [1.82, 2.24) is 0 Å². The quantitative estimate of drug-likeness (QED) is 0.766. The van der Waals surface area contributed by atoms with E-state index in [1.165, 1.54) is 0 Å². The van der Waals surface area contributed by atoms with Gasteiger partial charge in [0.2, 0.25) is 5.78 Å². The van der Waals surface area contributed by atoms with Gasteiger partial charge < -0.3 is 10.2 Å². The monoisotopic (exact) mass is 316 g/mol. The molecule has 126 valence electrons. The van der Waals surface area contributed by atoms with Gasteiger partial charge in [-0.15, -0.1) is 0 Å². The van der Waals surface area contributed by atoms with Crippen LogP contribution in [0.3, 0.4) is 0 Å². The summed E-state index contributed by atoms with van der Waals surface area (Å²) < 4.78 is 0. The zero-order chi connectivity index (χ0) is 17.2. The van der Waals surface area contributed by atoms with Crippen molar-refractivity contribution in [2.24, 2.45) is 22.7 Å². The van der Waals surface area contributed by atoms with Gasteiger partial charge in [0.1, 0.15) is 0 Å². The molecule has 0 aromatic heterocycles. The van der Waals surface area contributed by atoms with Gasteiger partial charge in [-0.2, -0.15) is 0 Å². The Hall–Kier alpha value is -1.35. The van der Waals surface area contributed by atoms with Crippen LogP contribution in [-0.2, 0) is 4.79 Å². The molecule has 0 saturated heterocycles. The van der Waals surface area contributed by atoms with Gasteiger partial charge in [0.15, 0.2) is 5.76 Å². The molecule has 0 spiro atoms. The Bertz CT molecular complexity index is 648. The van der Waals surface area contributed by atoms with Crippen LogP contribution in [0.25, 0.3) is 0 Å². The smallest absolute Gasteiger partial charge is 0.223 e. The minimum absolute atomic E-state index is 0.0199. The molecule has 3 atom stereocenters. The van der Waals surface area contributed by atoms with Gasteiger partial charge >= 0.3 is 0 Å². The van der Waals surface area contributed by atoms with Crippen LogP contribution < -0.4 is 0 Å². The first-order valence-corrected chi connectivity index (χ1v) is 8.70. The zero-order valence-electron chi connectivity index (χ0n) is 14.8. The number of rotatable bonds is 1. The highest BCUT2D eigenvalue weighted by molar-refractivity contribution is 6.10. The summed E-state index contributed by atoms with van der Waals surface area (Å²) in [5, 5.41) is 21.5. The second kappa shape index (κ2) is 5.07. The molecule has 0 amide bonds. The maximum Gasteiger partial charge on any atom is 0.223 e. The summed E-state index contributed by atoms with van der Waals surface area (Å²) in [4.78, 5) is 12.6. The largest absolute Gasteiger partial charge is 0.504 e. The molecule has 0 radical (unpaired) electrons. The van der Waals surface area contributed by atoms with Crippen LogP contribution in [0, 0.1) is 22.7 Å². The van der Waals surface area contributed by atoms with Gasteiger partial charge in [-0.3, -0.25) is 4.79 Å². The molecule has 1 unspecified atom stereocenters. The lowest BCUT2D eigenvalue weighted by Gasteiger charge is -2.56. The van der Waals surface area contributed by atoms with E-state index in [0.717, 1.165) is 30.4 Å². The molecular formula is C20H28O3. The average Bonchev–Trinajstić information content (AvgIpc) is 2.40. The van der Waals surface area contributed by atoms with Crippen molar-refractivity contribution in [3.63, 3.8) is 0 Å². The van der Waals surface area contributed by atoms with Crippen LogP contribution in [0.2, 0.25) is 0 Å². The number of allylic oxidation sites excluding steroid dienone is 4. The van der Waals surface area contributed by atoms with Crippen LogP contribution in [0.5, 0.6) is 0 Å². The summed E-state index contributed by atoms with van der Waals surface area (Å²) in [6.07, 6.45) is 6.19. The molecule has 2 N–H and O–H groups in total. The number of ketones is 1. The molecule has 0 heterocycles. The van der Waals surface area contributed by atoms with E-state index in [1.807, 2.05) is 26.0 Å². The minimum Gasteiger partial charge on any atom is -0.504 e. The fourth-order valence-corrected chi connectivity index (χ4v) is 5.34. The second-order valence-corrected chi connectivity index (χ2v) is 8.66. The fraction of sp³-hybridized carbons (Fsp3) is 0.650. The van der Waals surface area contributed by atoms with E-state index in [0.29, 0.717) is 5.57 Å². The van der Waals surface area contributed by atoms with Crippen molar-refractivity contribution >= 4 is 5.78 Å². The summed E-state index contributed by atoms with van der Waals surface area (Å²) in [5.41, 5.74) is 1.85. The van der Waals surface area contributed by atoms with Gasteiger partial charge in [-0.25, -0.2) is 0 Å². The summed E-state index contributed by atoms with van der Waals surface area (Å²) in [7, 11) is 0. The Labute approximate surface area is 138 Å². The number of fused-ring (bicyclic) bond motifs is 3. The third-order valence-electron chi connectivity index (χ3n) is 6.24. The molecule has 23 heavy (non-hydrogen) atoms. The van der Waals surface area contributed by atoms with E-state index in [9.17, 15) is 15.0 Å². The molecule has 3 rings (SSSR count). The normalized spacial score (nSPS) is 36.4. The maximum atomic E-state index is 12.6. The van der Waals surface area contributed by atoms with E-state index < -0.39 is 6.10 Å². The topological polar surface area (TPSA) is 57.5 Å². The van der Waals surface area contributed by atoms with Crippen LogP contribution in [0.15, 0.2) is 34.6 Å². The van der Waals surface area contributed by atoms with Gasteiger partial charge in [-0.05, 0) is 41.9 Å². The highest BCUT2D eigenvalue weighted by Crippen LogP contribution is 2.61. The van der Waals surface area contributed by atoms with Crippen LogP contribution in [0.1, 0.15) is 53.9 Å². The second-order valence-electron chi connectivity index (χ2n) is 8.66. The fourth-order valence-electron chi connectivity index (χ4n) is 5.34. The van der Waals surface area contributed by atoms with Crippen molar-refractivity contribution in [2.75, 3.05) is 0 Å². The highest BCUT2D eigenvalue weighted by atomic mass is 16.3. The summed E-state index contributed by atoms with van der Waals surface area (Å²) in [6.45, 7) is 10.4. The first-order valence-electron chi connectivity index (χ1n) is 8.70. The maximum absolute atomic E-state index is 12.6. The standard InChI is InChI=1S/C20H28O3/c1-11(2)13-9-12-10-14(21)18-19(3,4)7-6-8-20(18,5)15(12)17(23)16(13)22/h9-11,14,18,21,23H,6-8H2,1-5H3/t14?,18-,20+/m0/s1. The van der Waals surface area contributed by atoms with Crippen LogP contribution in [-0.4, -0.2) is 22.1 Å². The number of aliphatic hydroxyl groups is 2. The van der Waals surface area contributed by atoms with E-state index in [4.69, 9.17) is 0 Å². The van der Waals surface area contributed by atoms with Crippen LogP contribution >= 0.6 is 0 Å². The molecule has 1 fully saturated rings. The molecule has 0 aromatic rings. The Balaban J connectivity index is 2.22. The summed E-state index contributed by atoms with van der Waals surface area (Å²) >= 11 is 0. The molecule has 0 aromatic carbocycles. The predicted octanol–water partition coefficient (Wildman–Crippen LogP) is 4.10. The molecule has 3 aliphatic rings. The number of aliphatic hydroxyl groups excluding tert-OH is 2. The van der Waals surface area contributed by atoms with Gasteiger partial charge in [0, 0.05) is 22.5 Å². The molecule has 3 nitrogen and oxygen atoms in total. The SMILES string of the molecule is CC(C)C1=CC2=CC(O)[C@H]3C(C)(C)CCC[C@]3(C)C2=C(O)C1=O. The predicted molar refractivity (Wildman–Crippen MR) is 90.9 cm³/mol. The number of carbonyl (C=O) groups excluding carboxylic acids is 1. The lowest BCUT2D eigenvalue weighted by Crippen LogP contribution is -2.52. The molecular weight excluding hydrogens is 288 g/mol. The lowest BCUT2D eigenvalue weighted by atomic mass is 9.49. The first-order chi connectivity index (χ1) is 10.6. The van der Waals surface area contributed by atoms with Crippen molar-refractivity contribution in [2.45, 2.75) is 60.0 Å². The Kier molecular flexibility index (Phi) is 3.64. The van der Waals surface area contributed by atoms with Gasteiger partial charge in [-0.1, -0.05) is 41.0 Å². The van der Waals surface area contributed by atoms with Crippen molar-refractivity contribution < 1.29 is 15.0 Å². The molecule has 0 aliphatic heterocycles. The molecule has 0 bridgehead atoms. The third kappa shape index (κ3) is 2.24. The number of Topliss-reactive ketones (excluding diaryl/α,β-unsaturated/α-hetero) is 1. The number of hydrogen-bond donors (Lipinski definition) is 2. The van der Waals surface area contributed by atoms with Crippen LogP contribution in [0.4, 0.5) is 0 Å². The minimum atomic E-state index is -0.542. The van der Waals surface area contributed by atoms with Crippen molar-refractivity contribution in [1.29, 1.82) is 0 Å². The zero-order valence-corrected chi connectivity index (χ0v) is 14.8. The highest BCUT2D eigenvalue weighted by Gasteiger charge is 2.55. The Morgan fingerprint density at radius 2 is 1.87 bits per heavy atom. The van der Waals surface area contributed by atoms with Crippen molar-refractivity contribution in [3.8, 4) is 0 Å². The summed E-state index contributed by atoms with van der Waals surface area (Å²) in [6, 6.07) is 0. The Morgan fingerprint density at radius 1 is 1.22 bits per heavy atom. The van der Waals surface area contributed by atoms with Gasteiger partial charge in [0.25, 0.3) is 0 Å².